The Labute approximate surface area is 280 Å². The van der Waals surface area contributed by atoms with Crippen LogP contribution in [0.3, 0.4) is 0 Å². The highest BCUT2D eigenvalue weighted by Crippen LogP contribution is 2.38. The second-order valence-electron chi connectivity index (χ2n) is 12.4. The van der Waals surface area contributed by atoms with Gasteiger partial charge < -0.3 is 9.16 Å². The summed E-state index contributed by atoms with van der Waals surface area (Å²) < 4.78 is 11.8. The number of esters is 1. The number of hydrogen-bond donors (Lipinski definition) is 0. The van der Waals surface area contributed by atoms with Crippen LogP contribution in [0.5, 0.6) is 0 Å². The Morgan fingerprint density at radius 1 is 1.13 bits per heavy atom. The summed E-state index contributed by atoms with van der Waals surface area (Å²) in [5, 5.41) is 15.4. The average Bonchev–Trinajstić information content (AvgIpc) is 3.67. The van der Waals surface area contributed by atoms with E-state index in [9.17, 15) is 14.9 Å². The number of thiophene rings is 2. The van der Waals surface area contributed by atoms with Crippen LogP contribution in [0.2, 0.25) is 18.1 Å². The number of hydrazine groups is 1. The van der Waals surface area contributed by atoms with Gasteiger partial charge in [0, 0.05) is 42.2 Å². The van der Waals surface area contributed by atoms with Gasteiger partial charge in [0.25, 0.3) is 5.24 Å². The van der Waals surface area contributed by atoms with Crippen molar-refractivity contribution < 1.29 is 18.8 Å². The topological polar surface area (TPSA) is 82.9 Å². The molecule has 238 valence electrons. The van der Waals surface area contributed by atoms with Crippen molar-refractivity contribution in [1.29, 1.82) is 5.26 Å². The Balaban J connectivity index is 1.48. The van der Waals surface area contributed by atoms with Crippen LogP contribution < -0.4 is 0 Å². The molecule has 0 saturated carbocycles. The van der Waals surface area contributed by atoms with Gasteiger partial charge in [-0.05, 0) is 72.2 Å². The molecule has 0 N–H and O–H groups in total. The van der Waals surface area contributed by atoms with Gasteiger partial charge in [0.05, 0.1) is 18.8 Å². The zero-order valence-corrected chi connectivity index (χ0v) is 30.3. The van der Waals surface area contributed by atoms with E-state index >= 15 is 0 Å². The third-order valence-corrected chi connectivity index (χ3v) is 15.5. The van der Waals surface area contributed by atoms with E-state index in [1.165, 1.54) is 41.5 Å². The molecule has 1 aliphatic rings. The predicted molar refractivity (Wildman–Crippen MR) is 187 cm³/mol. The highest BCUT2D eigenvalue weighted by molar-refractivity contribution is 8.13. The Hall–Kier alpha value is -2.90. The van der Waals surface area contributed by atoms with E-state index in [2.05, 4.69) is 68.9 Å². The van der Waals surface area contributed by atoms with Crippen LogP contribution in [0.4, 0.5) is 4.79 Å². The van der Waals surface area contributed by atoms with Gasteiger partial charge in [0.15, 0.2) is 8.32 Å². The molecular formula is C34H41N3O4S3Si. The van der Waals surface area contributed by atoms with E-state index < -0.39 is 8.32 Å². The number of methoxy groups -OCH3 is 1. The molecule has 11 heteroatoms. The third-order valence-electron chi connectivity index (χ3n) is 8.22. The minimum absolute atomic E-state index is 0.0254. The molecule has 0 bridgehead atoms. The summed E-state index contributed by atoms with van der Waals surface area (Å²) in [5.74, 6) is 6.81. The van der Waals surface area contributed by atoms with E-state index in [1.807, 2.05) is 34.7 Å². The Morgan fingerprint density at radius 3 is 2.67 bits per heavy atom. The number of nitrogens with zero attached hydrogens (tertiary/aromatic N) is 3. The molecule has 3 aromatic rings. The van der Waals surface area contributed by atoms with Crippen LogP contribution in [0.15, 0.2) is 47.8 Å². The molecule has 1 fully saturated rings. The quantitative estimate of drug-likeness (QED) is 0.116. The third kappa shape index (κ3) is 9.55. The summed E-state index contributed by atoms with van der Waals surface area (Å²) in [7, 11) is -0.698. The fraction of sp³-hybridized carbons (Fsp3) is 0.441. The lowest BCUT2D eigenvalue weighted by Gasteiger charge is -2.41. The monoisotopic (exact) mass is 679 g/mol. The molecule has 1 amide bonds. The number of carbonyl (C=O) groups is 2. The molecule has 45 heavy (non-hydrogen) atoms. The fourth-order valence-corrected chi connectivity index (χ4v) is 8.49. The van der Waals surface area contributed by atoms with Gasteiger partial charge in [-0.25, -0.2) is 9.80 Å². The number of hydrogen-bond acceptors (Lipinski definition) is 9. The Morgan fingerprint density at radius 2 is 1.93 bits per heavy atom. The van der Waals surface area contributed by atoms with E-state index in [4.69, 9.17) is 9.16 Å². The SMILES string of the molecule is COC(=O)c1ccc(CCN2C(=O)SCCN2CC[C@H](Cc2cccc(C#Cc3ccsc3C#N)c2)O[Si](C)(C)C(C)(C)C)s1. The number of ether oxygens (including phenoxy) is 1. The van der Waals surface area contributed by atoms with E-state index in [-0.39, 0.29) is 22.4 Å². The first-order valence-electron chi connectivity index (χ1n) is 15.0. The lowest BCUT2D eigenvalue weighted by Crippen LogP contribution is -2.51. The molecule has 1 aromatic carbocycles. The maximum atomic E-state index is 13.0. The number of rotatable bonds is 11. The molecule has 1 atom stereocenters. The van der Waals surface area contributed by atoms with Crippen molar-refractivity contribution >= 4 is 54.0 Å². The maximum absolute atomic E-state index is 13.0. The van der Waals surface area contributed by atoms with Crippen molar-refractivity contribution in [2.45, 2.75) is 64.3 Å². The van der Waals surface area contributed by atoms with E-state index in [0.29, 0.717) is 29.3 Å². The molecule has 1 saturated heterocycles. The molecule has 0 aliphatic carbocycles. The molecule has 3 heterocycles. The van der Waals surface area contributed by atoms with Gasteiger partial charge in [-0.2, -0.15) is 5.26 Å². The van der Waals surface area contributed by atoms with Gasteiger partial charge in [-0.15, -0.1) is 22.7 Å². The summed E-state index contributed by atoms with van der Waals surface area (Å²) in [6.45, 7) is 13.4. The number of carbonyl (C=O) groups excluding carboxylic acids is 2. The largest absolute Gasteiger partial charge is 0.465 e. The summed E-state index contributed by atoms with van der Waals surface area (Å²) in [5.41, 5.74) is 2.81. The number of benzene rings is 1. The van der Waals surface area contributed by atoms with Crippen molar-refractivity contribution in [3.8, 4) is 17.9 Å². The first-order chi connectivity index (χ1) is 21.4. The molecule has 1 aliphatic heterocycles. The predicted octanol–water partition coefficient (Wildman–Crippen LogP) is 7.82. The van der Waals surface area contributed by atoms with E-state index in [0.717, 1.165) is 46.7 Å². The van der Waals surface area contributed by atoms with Crippen LogP contribution in [0, 0.1) is 23.2 Å². The van der Waals surface area contributed by atoms with Gasteiger partial charge in [-0.3, -0.25) is 9.80 Å². The first-order valence-corrected chi connectivity index (χ1v) is 20.6. The van der Waals surface area contributed by atoms with Crippen LogP contribution in [0.1, 0.15) is 63.3 Å². The van der Waals surface area contributed by atoms with Gasteiger partial charge in [0.2, 0.25) is 0 Å². The highest BCUT2D eigenvalue weighted by Gasteiger charge is 2.39. The van der Waals surface area contributed by atoms with Crippen molar-refractivity contribution in [3.63, 3.8) is 0 Å². The minimum atomic E-state index is -2.08. The number of thioether (sulfide) groups is 1. The van der Waals surface area contributed by atoms with Crippen molar-refractivity contribution in [3.05, 3.63) is 79.2 Å². The molecule has 0 spiro atoms. The van der Waals surface area contributed by atoms with Crippen LogP contribution in [-0.4, -0.2) is 68.1 Å². The molecule has 7 nitrogen and oxygen atoms in total. The molecular weight excluding hydrogens is 639 g/mol. The van der Waals surface area contributed by atoms with Gasteiger partial charge in [-0.1, -0.05) is 56.5 Å². The normalized spacial score (nSPS) is 14.9. The Bertz CT molecular complexity index is 1590. The zero-order chi connectivity index (χ0) is 32.6. The lowest BCUT2D eigenvalue weighted by atomic mass is 10.0. The highest BCUT2D eigenvalue weighted by atomic mass is 32.2. The van der Waals surface area contributed by atoms with Crippen molar-refractivity contribution in [2.24, 2.45) is 0 Å². The average molecular weight is 680 g/mol. The lowest BCUT2D eigenvalue weighted by molar-refractivity contribution is 0.0161. The number of nitriles is 1. The minimum Gasteiger partial charge on any atom is -0.465 e. The molecule has 0 radical (unpaired) electrons. The van der Waals surface area contributed by atoms with E-state index in [1.54, 1.807) is 6.07 Å². The smallest absolute Gasteiger partial charge is 0.348 e. The number of amides is 1. The fourth-order valence-electron chi connectivity index (χ4n) is 4.71. The summed E-state index contributed by atoms with van der Waals surface area (Å²) in [6.07, 6.45) is 2.17. The first kappa shape index (κ1) is 35.0. The second kappa shape index (κ2) is 15.6. The summed E-state index contributed by atoms with van der Waals surface area (Å²) in [4.78, 5) is 27.2. The van der Waals surface area contributed by atoms with Crippen LogP contribution in [-0.2, 0) is 22.0 Å². The second-order valence-corrected chi connectivity index (χ2v) is 20.3. The maximum Gasteiger partial charge on any atom is 0.348 e. The molecule has 2 aromatic heterocycles. The zero-order valence-electron chi connectivity index (χ0n) is 26.8. The van der Waals surface area contributed by atoms with Gasteiger partial charge >= 0.3 is 5.97 Å². The summed E-state index contributed by atoms with van der Waals surface area (Å²) in [6, 6.07) is 16.1. The molecule has 4 rings (SSSR count). The van der Waals surface area contributed by atoms with Crippen LogP contribution in [0.25, 0.3) is 0 Å². The van der Waals surface area contributed by atoms with Crippen molar-refractivity contribution in [1.82, 2.24) is 10.0 Å². The van der Waals surface area contributed by atoms with Crippen molar-refractivity contribution in [2.75, 3.05) is 32.5 Å². The summed E-state index contributed by atoms with van der Waals surface area (Å²) >= 11 is 4.17. The molecule has 0 unspecified atom stereocenters. The standard InChI is InChI=1S/C34H41N3O4S3Si/c1-34(2,3)45(5,6)41-28(23-26-9-7-8-25(22-26)10-11-27-16-20-42-31(27)24-35)14-17-36-19-21-43-33(39)37(36)18-15-29-12-13-30(44-29)32(38)40-4/h7-9,12-13,16,20,22,28H,14-15,17-19,21,23H2,1-6H3/t28-/m1/s1. The van der Waals surface area contributed by atoms with Gasteiger partial charge in [0.1, 0.15) is 15.8 Å². The Kier molecular flexibility index (Phi) is 12.1. The van der Waals surface area contributed by atoms with Crippen LogP contribution >= 0.6 is 34.4 Å².